The van der Waals surface area contributed by atoms with Crippen LogP contribution in [0, 0.1) is 0 Å². The fraction of sp³-hybridized carbons (Fsp3) is 0.364. The molecule has 0 radical (unpaired) electrons. The molecule has 0 aliphatic carbocycles. The van der Waals surface area contributed by atoms with Gasteiger partial charge in [0.1, 0.15) is 0 Å². The van der Waals surface area contributed by atoms with E-state index in [2.05, 4.69) is 4.72 Å². The van der Waals surface area contributed by atoms with Crippen LogP contribution in [-0.2, 0) is 20.8 Å². The van der Waals surface area contributed by atoms with E-state index in [0.717, 1.165) is 0 Å². The normalized spacial score (nSPS) is 13.1. The van der Waals surface area contributed by atoms with Gasteiger partial charge in [-0.3, -0.25) is 4.21 Å². The van der Waals surface area contributed by atoms with Gasteiger partial charge in [0.2, 0.25) is 10.0 Å². The van der Waals surface area contributed by atoms with Crippen LogP contribution in [0.1, 0.15) is 16.8 Å². The summed E-state index contributed by atoms with van der Waals surface area (Å²) in [5.74, 6) is -0.678. The first-order chi connectivity index (χ1) is 8.83. The molecular weight excluding hydrogens is 290 g/mol. The molecule has 1 atom stereocenters. The van der Waals surface area contributed by atoms with Crippen molar-refractivity contribution in [2.24, 2.45) is 0 Å². The monoisotopic (exact) mass is 305 g/mol. The summed E-state index contributed by atoms with van der Waals surface area (Å²) in [5.41, 5.74) is 0.0281. The Morgan fingerprint density at radius 1 is 1.32 bits per heavy atom. The van der Waals surface area contributed by atoms with E-state index in [4.69, 9.17) is 5.11 Å². The Balaban J connectivity index is 2.66. The molecule has 0 fully saturated rings. The lowest BCUT2D eigenvalue weighted by Gasteiger charge is -2.06. The van der Waals surface area contributed by atoms with Crippen LogP contribution in [0.5, 0.6) is 0 Å². The Hall–Kier alpha value is -1.25. The molecule has 1 aromatic carbocycles. The molecule has 0 aliphatic rings. The fourth-order valence-electron chi connectivity index (χ4n) is 1.34. The number of carboxylic acids is 1. The maximum absolute atomic E-state index is 11.8. The Morgan fingerprint density at radius 2 is 1.89 bits per heavy atom. The minimum Gasteiger partial charge on any atom is -0.478 e. The molecule has 1 rings (SSSR count). The maximum atomic E-state index is 11.8. The van der Waals surface area contributed by atoms with Crippen LogP contribution in [0.25, 0.3) is 0 Å². The highest BCUT2D eigenvalue weighted by molar-refractivity contribution is 7.89. The summed E-state index contributed by atoms with van der Waals surface area (Å²) < 4.78 is 36.8. The van der Waals surface area contributed by atoms with Crippen molar-refractivity contribution in [1.82, 2.24) is 4.72 Å². The first-order valence-electron chi connectivity index (χ1n) is 5.46. The van der Waals surface area contributed by atoms with Crippen LogP contribution in [0.2, 0.25) is 0 Å². The number of sulfonamides is 1. The van der Waals surface area contributed by atoms with Crippen molar-refractivity contribution in [3.05, 3.63) is 29.8 Å². The summed E-state index contributed by atoms with van der Waals surface area (Å²) >= 11 is 0. The molecule has 0 aromatic heterocycles. The number of aromatic carboxylic acids is 1. The molecule has 2 N–H and O–H groups in total. The zero-order chi connectivity index (χ0) is 14.5. The van der Waals surface area contributed by atoms with Crippen molar-refractivity contribution >= 4 is 26.8 Å². The molecule has 19 heavy (non-hydrogen) atoms. The molecule has 0 heterocycles. The van der Waals surface area contributed by atoms with E-state index in [-0.39, 0.29) is 17.0 Å². The molecule has 6 nitrogen and oxygen atoms in total. The van der Waals surface area contributed by atoms with Crippen molar-refractivity contribution < 1.29 is 22.5 Å². The Morgan fingerprint density at radius 3 is 2.37 bits per heavy atom. The molecule has 0 saturated heterocycles. The van der Waals surface area contributed by atoms with Gasteiger partial charge >= 0.3 is 5.97 Å². The van der Waals surface area contributed by atoms with Crippen LogP contribution in [0.4, 0.5) is 0 Å². The summed E-state index contributed by atoms with van der Waals surface area (Å²) in [6.45, 7) is 0.197. The van der Waals surface area contributed by atoms with Gasteiger partial charge in [-0.25, -0.2) is 17.9 Å². The smallest absolute Gasteiger partial charge is 0.335 e. The Labute approximate surface area is 114 Å². The molecule has 1 unspecified atom stereocenters. The quantitative estimate of drug-likeness (QED) is 0.712. The standard InChI is InChI=1S/C11H15NO5S2/c1-18(15)8-2-7-12-19(16,17)10-5-3-9(4-6-10)11(13)14/h3-6,12H,2,7-8H2,1H3,(H,13,14). The summed E-state index contributed by atoms with van der Waals surface area (Å²) in [5, 5.41) is 8.71. The van der Waals surface area contributed by atoms with Gasteiger partial charge in [-0.05, 0) is 30.7 Å². The number of nitrogens with one attached hydrogen (secondary N) is 1. The van der Waals surface area contributed by atoms with Gasteiger partial charge in [-0.15, -0.1) is 0 Å². The largest absolute Gasteiger partial charge is 0.478 e. The number of hydrogen-bond acceptors (Lipinski definition) is 4. The van der Waals surface area contributed by atoms with Gasteiger partial charge in [0.25, 0.3) is 0 Å². The van der Waals surface area contributed by atoms with Gasteiger partial charge < -0.3 is 5.11 Å². The highest BCUT2D eigenvalue weighted by Crippen LogP contribution is 2.10. The predicted octanol–water partition coefficient (Wildman–Crippen LogP) is 0.432. The SMILES string of the molecule is CS(=O)CCCNS(=O)(=O)c1ccc(C(=O)O)cc1. The zero-order valence-electron chi connectivity index (χ0n) is 10.3. The summed E-state index contributed by atoms with van der Waals surface area (Å²) in [6.07, 6.45) is 2.04. The van der Waals surface area contributed by atoms with Crippen molar-refractivity contribution in [3.8, 4) is 0 Å². The topological polar surface area (TPSA) is 101 Å². The van der Waals surface area contributed by atoms with E-state index in [1.807, 2.05) is 0 Å². The molecular formula is C11H15NO5S2. The lowest BCUT2D eigenvalue weighted by atomic mass is 10.2. The van der Waals surface area contributed by atoms with Crippen molar-refractivity contribution in [2.75, 3.05) is 18.6 Å². The number of benzene rings is 1. The van der Waals surface area contributed by atoms with Crippen molar-refractivity contribution in [2.45, 2.75) is 11.3 Å². The van der Waals surface area contributed by atoms with Gasteiger partial charge in [0, 0.05) is 29.4 Å². The molecule has 0 aliphatic heterocycles. The number of rotatable bonds is 7. The van der Waals surface area contributed by atoms with E-state index in [1.165, 1.54) is 24.3 Å². The molecule has 0 amide bonds. The first-order valence-corrected chi connectivity index (χ1v) is 8.67. The zero-order valence-corrected chi connectivity index (χ0v) is 12.0. The highest BCUT2D eigenvalue weighted by Gasteiger charge is 2.14. The lowest BCUT2D eigenvalue weighted by Crippen LogP contribution is -2.25. The van der Waals surface area contributed by atoms with Crippen LogP contribution in [0.3, 0.4) is 0 Å². The summed E-state index contributed by atoms with van der Waals surface area (Å²) in [4.78, 5) is 10.7. The van der Waals surface area contributed by atoms with E-state index in [1.54, 1.807) is 6.26 Å². The van der Waals surface area contributed by atoms with E-state index in [9.17, 15) is 17.4 Å². The third kappa shape index (κ3) is 5.09. The Bertz CT molecular complexity index is 565. The summed E-state index contributed by atoms with van der Waals surface area (Å²) in [6, 6.07) is 4.95. The van der Waals surface area contributed by atoms with Crippen LogP contribution in [0.15, 0.2) is 29.2 Å². The minimum absolute atomic E-state index is 0.00937. The van der Waals surface area contributed by atoms with E-state index >= 15 is 0 Å². The van der Waals surface area contributed by atoms with Gasteiger partial charge in [0.15, 0.2) is 0 Å². The van der Waals surface area contributed by atoms with E-state index < -0.39 is 26.8 Å². The van der Waals surface area contributed by atoms with Crippen LogP contribution < -0.4 is 4.72 Å². The number of carboxylic acid groups (broad SMARTS) is 1. The van der Waals surface area contributed by atoms with Crippen LogP contribution in [-0.4, -0.2) is 42.3 Å². The fourth-order valence-corrected chi connectivity index (χ4v) is 2.97. The molecule has 0 bridgehead atoms. The number of hydrogen-bond donors (Lipinski definition) is 2. The maximum Gasteiger partial charge on any atom is 0.335 e. The van der Waals surface area contributed by atoms with Gasteiger partial charge in [-0.1, -0.05) is 0 Å². The van der Waals surface area contributed by atoms with Crippen LogP contribution >= 0.6 is 0 Å². The second kappa shape index (κ2) is 6.78. The Kier molecular flexibility index (Phi) is 5.64. The van der Waals surface area contributed by atoms with Crippen molar-refractivity contribution in [1.29, 1.82) is 0 Å². The molecule has 0 spiro atoms. The minimum atomic E-state index is -3.64. The molecule has 0 saturated carbocycles. The van der Waals surface area contributed by atoms with E-state index in [0.29, 0.717) is 12.2 Å². The third-order valence-corrected chi connectivity index (χ3v) is 4.65. The molecule has 8 heteroatoms. The molecule has 1 aromatic rings. The average Bonchev–Trinajstić information content (AvgIpc) is 2.34. The summed E-state index contributed by atoms with van der Waals surface area (Å²) in [7, 11) is -4.59. The second-order valence-electron chi connectivity index (χ2n) is 3.86. The van der Waals surface area contributed by atoms with Crippen molar-refractivity contribution in [3.63, 3.8) is 0 Å². The third-order valence-electron chi connectivity index (χ3n) is 2.31. The molecule has 106 valence electrons. The first kappa shape index (κ1) is 15.8. The van der Waals surface area contributed by atoms with Gasteiger partial charge in [0.05, 0.1) is 10.5 Å². The number of carbonyl (C=O) groups is 1. The highest BCUT2D eigenvalue weighted by atomic mass is 32.2. The second-order valence-corrected chi connectivity index (χ2v) is 7.18. The predicted molar refractivity (Wildman–Crippen MR) is 72.1 cm³/mol. The van der Waals surface area contributed by atoms with Gasteiger partial charge in [-0.2, -0.15) is 0 Å². The average molecular weight is 305 g/mol. The lowest BCUT2D eigenvalue weighted by molar-refractivity contribution is 0.0696.